The quantitative estimate of drug-likeness (QED) is 0.268. The van der Waals surface area contributed by atoms with Gasteiger partial charge in [-0.2, -0.15) is 0 Å². The van der Waals surface area contributed by atoms with Crippen molar-refractivity contribution in [1.82, 2.24) is 20.5 Å². The number of hydrogen-bond donors (Lipinski definition) is 4. The number of hydrogen-bond acceptors (Lipinski definition) is 8. The van der Waals surface area contributed by atoms with Gasteiger partial charge < -0.3 is 5.32 Å². The molecule has 0 bridgehead atoms. The summed E-state index contributed by atoms with van der Waals surface area (Å²) in [6.07, 6.45) is 0. The second-order valence-corrected chi connectivity index (χ2v) is 7.66. The molecular weight excluding hydrogens is 435 g/mol. The van der Waals surface area contributed by atoms with Crippen LogP contribution in [-0.2, 0) is 10.0 Å². The van der Waals surface area contributed by atoms with Crippen LogP contribution in [-0.4, -0.2) is 48.6 Å². The Morgan fingerprint density at radius 3 is 2.85 bits per heavy atom. The maximum Gasteiger partial charge on any atom is 0.213 e. The molecule has 1 aromatic heterocycles. The number of rotatable bonds is 8. The van der Waals surface area contributed by atoms with Crippen molar-refractivity contribution in [3.63, 3.8) is 0 Å². The molecule has 0 unspecified atom stereocenters. The van der Waals surface area contributed by atoms with E-state index in [0.29, 0.717) is 5.69 Å². The summed E-state index contributed by atoms with van der Waals surface area (Å²) in [5.41, 5.74) is 2.20. The summed E-state index contributed by atoms with van der Waals surface area (Å²) < 4.78 is 43.7. The van der Waals surface area contributed by atoms with Crippen LogP contribution < -0.4 is 15.5 Å². The molecule has 142 valence electrons. The third-order valence-corrected chi connectivity index (χ3v) is 5.07. The largest absolute Gasteiger partial charge is 0.364 e. The Morgan fingerprint density at radius 1 is 1.42 bits per heavy atom. The highest BCUT2D eigenvalue weighted by atomic mass is 79.9. The highest BCUT2D eigenvalue weighted by Crippen LogP contribution is 2.23. The molecule has 0 radical (unpaired) electrons. The van der Waals surface area contributed by atoms with E-state index in [4.69, 9.17) is 0 Å². The van der Waals surface area contributed by atoms with Crippen molar-refractivity contribution in [2.45, 2.75) is 6.92 Å². The van der Waals surface area contributed by atoms with Crippen LogP contribution in [0.15, 0.2) is 32.3 Å². The van der Waals surface area contributed by atoms with Gasteiger partial charge in [0.15, 0.2) is 11.5 Å². The second-order valence-electron chi connectivity index (χ2n) is 4.88. The van der Waals surface area contributed by atoms with Crippen LogP contribution in [0.3, 0.4) is 0 Å². The maximum absolute atomic E-state index is 13.3. The van der Waals surface area contributed by atoms with Crippen molar-refractivity contribution >= 4 is 43.3 Å². The minimum absolute atomic E-state index is 0.0220. The molecule has 4 N–H and O–H groups in total. The summed E-state index contributed by atoms with van der Waals surface area (Å²) in [5.74, 6) is -0.702. The molecule has 0 amide bonds. The molecule has 13 heteroatoms. The monoisotopic (exact) mass is 450 g/mol. The predicted molar refractivity (Wildman–Crippen MR) is 95.5 cm³/mol. The van der Waals surface area contributed by atoms with Gasteiger partial charge in [-0.15, -0.1) is 0 Å². The van der Waals surface area contributed by atoms with Gasteiger partial charge >= 0.3 is 0 Å². The van der Waals surface area contributed by atoms with E-state index >= 15 is 0 Å². The molecule has 0 saturated carbocycles. The Bertz CT molecular complexity index is 889. The zero-order valence-electron chi connectivity index (χ0n) is 13.5. The lowest BCUT2D eigenvalue weighted by molar-refractivity contribution is 0.234. The lowest BCUT2D eigenvalue weighted by atomic mass is 10.3. The average Bonchev–Trinajstić information content (AvgIpc) is 3.04. The van der Waals surface area contributed by atoms with Crippen molar-refractivity contribution in [2.24, 2.45) is 4.99 Å². The van der Waals surface area contributed by atoms with E-state index in [1.165, 1.54) is 18.2 Å². The first-order valence-electron chi connectivity index (χ1n) is 7.34. The Labute approximate surface area is 157 Å². The van der Waals surface area contributed by atoms with Gasteiger partial charge in [-0.3, -0.25) is 10.7 Å². The average molecular weight is 451 g/mol. The van der Waals surface area contributed by atoms with Crippen molar-refractivity contribution in [3.05, 3.63) is 34.2 Å². The van der Waals surface area contributed by atoms with Gasteiger partial charge in [0.1, 0.15) is 5.82 Å². The number of sulfonamides is 1. The molecule has 0 fully saturated rings. The molecule has 2 aromatic rings. The second kappa shape index (κ2) is 9.02. The molecule has 0 aliphatic rings. The molecule has 26 heavy (non-hydrogen) atoms. The molecular formula is C13H16BrFN6O4S. The van der Waals surface area contributed by atoms with Crippen molar-refractivity contribution in [2.75, 3.05) is 24.2 Å². The van der Waals surface area contributed by atoms with Gasteiger partial charge in [0.2, 0.25) is 15.8 Å². The van der Waals surface area contributed by atoms with E-state index in [0.717, 1.165) is 0 Å². The third-order valence-electron chi connectivity index (χ3n) is 2.99. The van der Waals surface area contributed by atoms with Crippen LogP contribution in [0.1, 0.15) is 12.6 Å². The molecule has 2 rings (SSSR count). The number of aliphatic imine (C=N–C) groups is 1. The Hall–Kier alpha value is -2.09. The SMILES string of the molecule is CCNS(=O)(=O)CCNc1nonc1C(=Nc1ccc(F)c(Br)c1)NO. The fourth-order valence-corrected chi connectivity index (χ4v) is 3.19. The van der Waals surface area contributed by atoms with E-state index in [1.807, 2.05) is 5.48 Å². The first-order chi connectivity index (χ1) is 12.4. The first-order valence-corrected chi connectivity index (χ1v) is 9.78. The topological polar surface area (TPSA) is 142 Å². The smallest absolute Gasteiger partial charge is 0.213 e. The Kier molecular flexibility index (Phi) is 7.02. The van der Waals surface area contributed by atoms with Crippen molar-refractivity contribution < 1.29 is 22.6 Å². The minimum Gasteiger partial charge on any atom is -0.364 e. The van der Waals surface area contributed by atoms with E-state index < -0.39 is 15.8 Å². The van der Waals surface area contributed by atoms with Crippen LogP contribution in [0, 0.1) is 5.82 Å². The molecule has 10 nitrogen and oxygen atoms in total. The van der Waals surface area contributed by atoms with Gasteiger partial charge in [-0.1, -0.05) is 6.92 Å². The Morgan fingerprint density at radius 2 is 2.19 bits per heavy atom. The minimum atomic E-state index is -3.41. The van der Waals surface area contributed by atoms with E-state index in [-0.39, 0.29) is 40.7 Å². The fraction of sp³-hybridized carbons (Fsp3) is 0.308. The van der Waals surface area contributed by atoms with Crippen LogP contribution in [0.5, 0.6) is 0 Å². The Balaban J connectivity index is 2.16. The molecule has 0 saturated heterocycles. The summed E-state index contributed by atoms with van der Waals surface area (Å²) in [4.78, 5) is 4.09. The molecule has 0 atom stereocenters. The van der Waals surface area contributed by atoms with Crippen molar-refractivity contribution in [1.29, 1.82) is 0 Å². The fourth-order valence-electron chi connectivity index (χ4n) is 1.87. The van der Waals surface area contributed by atoms with E-state index in [1.54, 1.807) is 6.92 Å². The highest BCUT2D eigenvalue weighted by Gasteiger charge is 2.17. The number of benzene rings is 1. The number of aromatic nitrogens is 2. The third kappa shape index (κ3) is 5.45. The molecule has 1 aromatic carbocycles. The van der Waals surface area contributed by atoms with Crippen LogP contribution in [0.25, 0.3) is 0 Å². The van der Waals surface area contributed by atoms with Gasteiger partial charge in [-0.05, 0) is 44.4 Å². The van der Waals surface area contributed by atoms with Gasteiger partial charge in [-0.25, -0.2) is 27.2 Å². The van der Waals surface area contributed by atoms with Gasteiger partial charge in [0.05, 0.1) is 15.9 Å². The molecule has 0 aliphatic carbocycles. The number of amidine groups is 1. The summed E-state index contributed by atoms with van der Waals surface area (Å²) in [5, 5.41) is 19.3. The van der Waals surface area contributed by atoms with E-state index in [9.17, 15) is 18.0 Å². The molecule has 1 heterocycles. The van der Waals surface area contributed by atoms with E-state index in [2.05, 4.69) is 45.9 Å². The number of nitrogens with zero attached hydrogens (tertiary/aromatic N) is 3. The summed E-state index contributed by atoms with van der Waals surface area (Å²) in [6.45, 7) is 1.99. The molecule has 0 aliphatic heterocycles. The lowest BCUT2D eigenvalue weighted by Crippen LogP contribution is -2.29. The highest BCUT2D eigenvalue weighted by molar-refractivity contribution is 9.10. The number of anilines is 1. The maximum atomic E-state index is 13.3. The molecule has 0 spiro atoms. The van der Waals surface area contributed by atoms with Gasteiger partial charge in [0.25, 0.3) is 0 Å². The number of halogens is 2. The predicted octanol–water partition coefficient (Wildman–Crippen LogP) is 1.38. The van der Waals surface area contributed by atoms with Crippen LogP contribution in [0.2, 0.25) is 0 Å². The summed E-state index contributed by atoms with van der Waals surface area (Å²) in [7, 11) is -3.41. The number of nitrogens with one attached hydrogen (secondary N) is 3. The number of hydroxylamine groups is 1. The van der Waals surface area contributed by atoms with Crippen LogP contribution in [0.4, 0.5) is 15.9 Å². The van der Waals surface area contributed by atoms with Gasteiger partial charge in [0, 0.05) is 13.1 Å². The standard InChI is InChI=1S/C13H16BrFN6O4S/c1-2-17-26(23,24)6-5-16-12-11(20-25-21-12)13(19-22)18-8-3-4-10(15)9(14)7-8/h3-4,7,17,22H,2,5-6H2,1H3,(H,16,21)(H,18,19). The summed E-state index contributed by atoms with van der Waals surface area (Å²) in [6, 6.07) is 3.99. The van der Waals surface area contributed by atoms with Crippen molar-refractivity contribution in [3.8, 4) is 0 Å². The normalized spacial score (nSPS) is 12.2. The zero-order chi connectivity index (χ0) is 19.2. The van der Waals surface area contributed by atoms with Crippen LogP contribution >= 0.6 is 15.9 Å². The lowest BCUT2D eigenvalue weighted by Gasteiger charge is -2.07. The summed E-state index contributed by atoms with van der Waals surface area (Å²) >= 11 is 3.04. The first kappa shape index (κ1) is 20.2. The zero-order valence-corrected chi connectivity index (χ0v) is 15.9.